The van der Waals surface area contributed by atoms with E-state index in [1.165, 1.54) is 0 Å². The van der Waals surface area contributed by atoms with E-state index in [-0.39, 0.29) is 21.1 Å². The predicted octanol–water partition coefficient (Wildman–Crippen LogP) is 3.30. The first-order valence-electron chi connectivity index (χ1n) is 3.65. The monoisotopic (exact) mass is 448 g/mol. The van der Waals surface area contributed by atoms with Crippen molar-refractivity contribution in [1.82, 2.24) is 0 Å². The van der Waals surface area contributed by atoms with E-state index in [2.05, 4.69) is 33.1 Å². The quantitative estimate of drug-likeness (QED) is 0.180. The summed E-state index contributed by atoms with van der Waals surface area (Å²) in [5, 5.41) is 0. The molecule has 19 heavy (non-hydrogen) atoms. The van der Waals surface area contributed by atoms with Crippen LogP contribution in [-0.4, -0.2) is 7.25 Å². The molecule has 0 bridgehead atoms. The van der Waals surface area contributed by atoms with Crippen molar-refractivity contribution >= 4 is 7.25 Å². The van der Waals surface area contributed by atoms with Gasteiger partial charge in [0.25, 0.3) is 0 Å². The van der Waals surface area contributed by atoms with Crippen LogP contribution >= 0.6 is 0 Å². The Labute approximate surface area is 124 Å². The van der Waals surface area contributed by atoms with Crippen molar-refractivity contribution in [1.29, 1.82) is 0 Å². The molecule has 0 unspecified atom stereocenters. The standard InChI is InChI=1S/C5H5.C2H4.3CO.BF4.W/c1-2-4-5-3-1;4*1-2;2-1(3,4)5;/h1-5H;1-2H2;;;;;/q;;;;;-1;. The van der Waals surface area contributed by atoms with Gasteiger partial charge in [0.2, 0.25) is 0 Å². The Kier molecular flexibility index (Phi) is 82.8. The van der Waals surface area contributed by atoms with E-state index in [1.807, 2.05) is 30.7 Å². The topological polar surface area (TPSA) is 59.7 Å². The molecule has 3 nitrogen and oxygen atoms in total. The minimum absolute atomic E-state index is 0. The zero-order valence-corrected chi connectivity index (χ0v) is 12.5. The van der Waals surface area contributed by atoms with Crippen molar-refractivity contribution in [2.24, 2.45) is 0 Å². The van der Waals surface area contributed by atoms with Crippen LogP contribution in [0.25, 0.3) is 0 Å². The van der Waals surface area contributed by atoms with Gasteiger partial charge in [-0.15, -0.1) is 13.2 Å². The molecule has 0 aliphatic heterocycles. The molecule has 105 valence electrons. The van der Waals surface area contributed by atoms with E-state index < -0.39 is 7.25 Å². The van der Waals surface area contributed by atoms with Gasteiger partial charge in [0.05, 0.1) is 0 Å². The van der Waals surface area contributed by atoms with E-state index in [0.29, 0.717) is 0 Å². The van der Waals surface area contributed by atoms with Crippen molar-refractivity contribution in [2.75, 3.05) is 0 Å². The second-order valence-electron chi connectivity index (χ2n) is 1.46. The smallest absolute Gasteiger partial charge is 0.00506 e. The molecule has 0 aromatic carbocycles. The molecular formula is C10H9BF4O3W-. The Morgan fingerprint density at radius 2 is 0.842 bits per heavy atom. The summed E-state index contributed by atoms with van der Waals surface area (Å²) in [6.07, 6.45) is 10.0. The Morgan fingerprint density at radius 3 is 0.895 bits per heavy atom. The van der Waals surface area contributed by atoms with Gasteiger partial charge in [-0.05, 0) is 0 Å². The first kappa shape index (κ1) is 36.1. The Balaban J connectivity index is -0.0000000285. The maximum absolute atomic E-state index is 9.75. The molecule has 0 heterocycles. The number of allylic oxidation sites excluding steroid dienone is 4. The van der Waals surface area contributed by atoms with Crippen LogP contribution < -0.4 is 0 Å². The van der Waals surface area contributed by atoms with Crippen molar-refractivity contribution in [3.05, 3.63) is 63.8 Å². The van der Waals surface area contributed by atoms with Crippen LogP contribution in [0.4, 0.5) is 17.3 Å². The van der Waals surface area contributed by atoms with Crippen LogP contribution in [0.1, 0.15) is 0 Å². The normalized spacial score (nSPS) is 8.32. The van der Waals surface area contributed by atoms with Crippen molar-refractivity contribution < 1.29 is 52.3 Å². The second kappa shape index (κ2) is 43.6. The molecular weight excluding hydrogens is 439 g/mol. The first-order chi connectivity index (χ1) is 8.50. The molecule has 0 saturated carbocycles. The van der Waals surface area contributed by atoms with Crippen LogP contribution in [0, 0.1) is 26.4 Å². The third-order valence-electron chi connectivity index (χ3n) is 0.556. The second-order valence-corrected chi connectivity index (χ2v) is 1.46. The van der Waals surface area contributed by atoms with Gasteiger partial charge in [0.15, 0.2) is 0 Å². The molecule has 0 amide bonds. The van der Waals surface area contributed by atoms with Gasteiger partial charge >= 0.3 is 41.2 Å². The summed E-state index contributed by atoms with van der Waals surface area (Å²) in [6.45, 7) is 19.5. The summed E-state index contributed by atoms with van der Waals surface area (Å²) in [7, 11) is -6.00. The van der Waals surface area contributed by atoms with Gasteiger partial charge in [-0.3, -0.25) is 0 Å². The van der Waals surface area contributed by atoms with Crippen LogP contribution in [-0.2, 0) is 35.0 Å². The van der Waals surface area contributed by atoms with Crippen LogP contribution in [0.2, 0.25) is 0 Å². The number of hydrogen-bond acceptors (Lipinski definition) is 0. The van der Waals surface area contributed by atoms with Gasteiger partial charge in [0, 0.05) is 27.5 Å². The molecule has 1 aliphatic carbocycles. The molecule has 0 atom stereocenters. The van der Waals surface area contributed by atoms with Gasteiger partial charge in [-0.25, -0.2) is 0 Å². The van der Waals surface area contributed by atoms with Crippen molar-refractivity contribution in [3.8, 4) is 0 Å². The Morgan fingerprint density at radius 1 is 0.684 bits per heavy atom. The third-order valence-corrected chi connectivity index (χ3v) is 0.556. The van der Waals surface area contributed by atoms with Crippen molar-refractivity contribution in [3.63, 3.8) is 0 Å². The van der Waals surface area contributed by atoms with Gasteiger partial charge in [0.1, 0.15) is 0 Å². The van der Waals surface area contributed by atoms with Crippen LogP contribution in [0.3, 0.4) is 0 Å². The van der Waals surface area contributed by atoms with E-state index >= 15 is 0 Å². The third kappa shape index (κ3) is 246. The summed E-state index contributed by atoms with van der Waals surface area (Å²) >= 11 is 0. The first-order valence-corrected chi connectivity index (χ1v) is 3.65. The maximum Gasteiger partial charge on any atom is 0.00506 e. The van der Waals surface area contributed by atoms with Crippen LogP contribution in [0.5, 0.6) is 0 Å². The SMILES string of the molecule is C=C.F[B-](F)(F)F.[C-]#[O+].[C-]#[O+].[C-]#[O+].[CH]1C=CC=C1.[W]. The molecule has 1 aliphatic rings. The van der Waals surface area contributed by atoms with E-state index in [4.69, 9.17) is 14.0 Å². The van der Waals surface area contributed by atoms with E-state index in [9.17, 15) is 17.3 Å². The predicted molar refractivity (Wildman–Crippen MR) is 55.8 cm³/mol. The zero-order valence-electron chi connectivity index (χ0n) is 9.52. The van der Waals surface area contributed by atoms with Crippen molar-refractivity contribution in [2.45, 2.75) is 0 Å². The summed E-state index contributed by atoms with van der Waals surface area (Å²) in [4.78, 5) is 0. The van der Waals surface area contributed by atoms with E-state index in [1.54, 1.807) is 0 Å². The Hall–Kier alpha value is -1.09. The van der Waals surface area contributed by atoms with Gasteiger partial charge < -0.3 is 17.3 Å². The number of hydrogen-bond donors (Lipinski definition) is 0. The molecule has 1 radical (unpaired) electrons. The Bertz CT molecular complexity index is 229. The number of rotatable bonds is 0. The maximum atomic E-state index is 9.75. The minimum atomic E-state index is -6.00. The average Bonchev–Trinajstić information content (AvgIpc) is 2.95. The van der Waals surface area contributed by atoms with Crippen LogP contribution in [0.15, 0.2) is 37.5 Å². The summed E-state index contributed by atoms with van der Waals surface area (Å²) in [5.41, 5.74) is 0. The fraction of sp³-hybridized carbons (Fsp3) is 0. The fourth-order valence-electron chi connectivity index (χ4n) is 0.321. The molecule has 0 saturated heterocycles. The molecule has 0 N–H and O–H groups in total. The minimum Gasteiger partial charge on any atom is -0.0767 e. The zero-order chi connectivity index (χ0) is 16.0. The molecule has 1 rings (SSSR count). The average molecular weight is 448 g/mol. The van der Waals surface area contributed by atoms with Gasteiger partial charge in [-0.1, -0.05) is 24.3 Å². The fourth-order valence-corrected chi connectivity index (χ4v) is 0.321. The summed E-state index contributed by atoms with van der Waals surface area (Å²) < 4.78 is 61.5. The largest absolute Gasteiger partial charge is 0.0767 e. The molecule has 9 heteroatoms. The molecule has 0 spiro atoms. The molecule has 0 fully saturated rings. The summed E-state index contributed by atoms with van der Waals surface area (Å²) in [6, 6.07) is 0. The van der Waals surface area contributed by atoms with E-state index in [0.717, 1.165) is 0 Å². The summed E-state index contributed by atoms with van der Waals surface area (Å²) in [5.74, 6) is 0. The van der Waals surface area contributed by atoms with Gasteiger partial charge in [-0.2, -0.15) is 0 Å². The molecule has 0 aromatic rings. The number of halogens is 4. The molecule has 0 aromatic heterocycles.